The molecule has 144 valence electrons. The Morgan fingerprint density at radius 2 is 1.59 bits per heavy atom. The molecule has 1 aliphatic rings. The van der Waals surface area contributed by atoms with Gasteiger partial charge in [0.15, 0.2) is 0 Å². The van der Waals surface area contributed by atoms with E-state index in [1.165, 1.54) is 49.2 Å². The summed E-state index contributed by atoms with van der Waals surface area (Å²) in [6.07, 6.45) is 4.33. The lowest BCUT2D eigenvalue weighted by Gasteiger charge is -2.28. The van der Waals surface area contributed by atoms with Crippen LogP contribution >= 0.6 is 0 Å². The number of piperidine rings is 1. The first kappa shape index (κ1) is 19.3. The average Bonchev–Trinajstić information content (AvgIpc) is 2.69. The minimum atomic E-state index is -3.68. The Kier molecular flexibility index (Phi) is 6.08. The molecule has 7 nitrogen and oxygen atoms in total. The number of nitrogens with zero attached hydrogens (tertiary/aromatic N) is 2. The maximum Gasteiger partial charge on any atom is 0.269 e. The summed E-state index contributed by atoms with van der Waals surface area (Å²) in [6.45, 7) is 2.45. The van der Waals surface area contributed by atoms with Gasteiger partial charge in [-0.05, 0) is 55.5 Å². The minimum Gasteiger partial charge on any atom is -0.372 e. The Labute approximate surface area is 159 Å². The summed E-state index contributed by atoms with van der Waals surface area (Å²) < 4.78 is 27.1. The second kappa shape index (κ2) is 8.49. The van der Waals surface area contributed by atoms with Gasteiger partial charge in [-0.25, -0.2) is 13.1 Å². The summed E-state index contributed by atoms with van der Waals surface area (Å²) >= 11 is 0. The molecule has 0 amide bonds. The van der Waals surface area contributed by atoms with Crippen molar-refractivity contribution >= 4 is 21.4 Å². The first-order valence-corrected chi connectivity index (χ1v) is 10.5. The van der Waals surface area contributed by atoms with Crippen molar-refractivity contribution in [2.75, 3.05) is 24.5 Å². The number of hydrogen-bond acceptors (Lipinski definition) is 5. The molecule has 0 radical (unpaired) electrons. The third-order valence-electron chi connectivity index (χ3n) is 4.72. The van der Waals surface area contributed by atoms with Gasteiger partial charge in [0, 0.05) is 37.5 Å². The number of sulfonamides is 1. The number of anilines is 1. The Hall–Kier alpha value is -2.45. The molecule has 0 saturated carbocycles. The van der Waals surface area contributed by atoms with Crippen molar-refractivity contribution in [1.29, 1.82) is 0 Å². The molecule has 1 saturated heterocycles. The lowest BCUT2D eigenvalue weighted by Crippen LogP contribution is -2.29. The van der Waals surface area contributed by atoms with Crippen molar-refractivity contribution in [3.8, 4) is 0 Å². The smallest absolute Gasteiger partial charge is 0.269 e. The number of non-ortho nitro benzene ring substituents is 1. The number of nitro benzene ring substituents is 1. The van der Waals surface area contributed by atoms with Crippen molar-refractivity contribution in [1.82, 2.24) is 4.72 Å². The van der Waals surface area contributed by atoms with Gasteiger partial charge in [-0.15, -0.1) is 0 Å². The highest BCUT2D eigenvalue weighted by Crippen LogP contribution is 2.20. The van der Waals surface area contributed by atoms with E-state index in [0.29, 0.717) is 6.42 Å². The molecular weight excluding hydrogens is 366 g/mol. The highest BCUT2D eigenvalue weighted by atomic mass is 32.2. The molecule has 2 aromatic rings. The number of hydrogen-bond donors (Lipinski definition) is 1. The number of rotatable bonds is 7. The molecule has 1 N–H and O–H groups in total. The number of nitrogens with one attached hydrogen (secondary N) is 1. The summed E-state index contributed by atoms with van der Waals surface area (Å²) in [5, 5.41) is 10.7. The zero-order chi connectivity index (χ0) is 19.3. The first-order chi connectivity index (χ1) is 13.0. The van der Waals surface area contributed by atoms with E-state index in [0.717, 1.165) is 18.7 Å². The molecular formula is C19H23N3O4S. The summed E-state index contributed by atoms with van der Waals surface area (Å²) in [4.78, 5) is 12.5. The molecule has 1 fully saturated rings. The van der Waals surface area contributed by atoms with Gasteiger partial charge >= 0.3 is 0 Å². The van der Waals surface area contributed by atoms with Gasteiger partial charge in [-0.2, -0.15) is 0 Å². The summed E-state index contributed by atoms with van der Waals surface area (Å²) in [5.41, 5.74) is 2.13. The van der Waals surface area contributed by atoms with Crippen LogP contribution in [-0.4, -0.2) is 33.0 Å². The van der Waals surface area contributed by atoms with Gasteiger partial charge in [0.2, 0.25) is 10.0 Å². The van der Waals surface area contributed by atoms with Crippen molar-refractivity contribution in [3.63, 3.8) is 0 Å². The van der Waals surface area contributed by atoms with Crippen LogP contribution in [0.25, 0.3) is 0 Å². The van der Waals surface area contributed by atoms with Gasteiger partial charge in [0.1, 0.15) is 0 Å². The topological polar surface area (TPSA) is 92.5 Å². The van der Waals surface area contributed by atoms with E-state index >= 15 is 0 Å². The van der Waals surface area contributed by atoms with E-state index in [1.54, 1.807) is 0 Å². The second-order valence-electron chi connectivity index (χ2n) is 6.61. The van der Waals surface area contributed by atoms with Crippen LogP contribution in [0.1, 0.15) is 24.8 Å². The van der Waals surface area contributed by atoms with Crippen LogP contribution in [0.15, 0.2) is 53.4 Å². The highest BCUT2D eigenvalue weighted by molar-refractivity contribution is 7.89. The van der Waals surface area contributed by atoms with Crippen LogP contribution in [-0.2, 0) is 16.4 Å². The second-order valence-corrected chi connectivity index (χ2v) is 8.38. The molecule has 3 rings (SSSR count). The standard InChI is InChI=1S/C19H23N3O4S/c23-22(24)18-8-10-19(11-9-18)27(25,26)20-13-12-16-4-6-17(7-5-16)21-14-2-1-3-15-21/h4-11,20H,1-3,12-15H2. The molecule has 1 heterocycles. The van der Waals surface area contributed by atoms with Gasteiger partial charge < -0.3 is 4.90 Å². The van der Waals surface area contributed by atoms with Gasteiger partial charge in [0.25, 0.3) is 5.69 Å². The fourth-order valence-corrected chi connectivity index (χ4v) is 4.22. The number of nitro groups is 1. The maximum atomic E-state index is 12.3. The molecule has 0 aliphatic carbocycles. The Morgan fingerprint density at radius 3 is 2.19 bits per heavy atom. The van der Waals surface area contributed by atoms with Gasteiger partial charge in [-0.1, -0.05) is 12.1 Å². The van der Waals surface area contributed by atoms with Crippen LogP contribution in [0.3, 0.4) is 0 Å². The van der Waals surface area contributed by atoms with E-state index in [9.17, 15) is 18.5 Å². The molecule has 27 heavy (non-hydrogen) atoms. The van der Waals surface area contributed by atoms with Crippen LogP contribution in [0.2, 0.25) is 0 Å². The lowest BCUT2D eigenvalue weighted by atomic mass is 10.1. The SMILES string of the molecule is O=[N+]([O-])c1ccc(S(=O)(=O)NCCc2ccc(N3CCCCC3)cc2)cc1. The van der Waals surface area contributed by atoms with Crippen molar-refractivity contribution < 1.29 is 13.3 Å². The van der Waals surface area contributed by atoms with Gasteiger partial charge in [-0.3, -0.25) is 10.1 Å². The zero-order valence-electron chi connectivity index (χ0n) is 15.0. The van der Waals surface area contributed by atoms with Crippen molar-refractivity contribution in [3.05, 3.63) is 64.2 Å². The molecule has 2 aromatic carbocycles. The first-order valence-electron chi connectivity index (χ1n) is 9.04. The van der Waals surface area contributed by atoms with Crippen LogP contribution < -0.4 is 9.62 Å². The Balaban J connectivity index is 1.54. The van der Waals surface area contributed by atoms with Crippen LogP contribution in [0, 0.1) is 10.1 Å². The molecule has 8 heteroatoms. The third-order valence-corrected chi connectivity index (χ3v) is 6.20. The van der Waals surface area contributed by atoms with Crippen molar-refractivity contribution in [2.24, 2.45) is 0 Å². The fourth-order valence-electron chi connectivity index (χ4n) is 3.19. The Morgan fingerprint density at radius 1 is 0.963 bits per heavy atom. The molecule has 1 aliphatic heterocycles. The predicted molar refractivity (Wildman–Crippen MR) is 104 cm³/mol. The maximum absolute atomic E-state index is 12.3. The van der Waals surface area contributed by atoms with Crippen molar-refractivity contribution in [2.45, 2.75) is 30.6 Å². The molecule has 0 spiro atoms. The summed E-state index contributed by atoms with van der Waals surface area (Å²) in [7, 11) is -3.68. The molecule has 0 bridgehead atoms. The average molecular weight is 389 g/mol. The van der Waals surface area contributed by atoms with E-state index in [4.69, 9.17) is 0 Å². The van der Waals surface area contributed by atoms with Crippen LogP contribution in [0.4, 0.5) is 11.4 Å². The van der Waals surface area contributed by atoms with Crippen LogP contribution in [0.5, 0.6) is 0 Å². The third kappa shape index (κ3) is 5.05. The van der Waals surface area contributed by atoms with E-state index < -0.39 is 14.9 Å². The van der Waals surface area contributed by atoms with Gasteiger partial charge in [0.05, 0.1) is 9.82 Å². The lowest BCUT2D eigenvalue weighted by molar-refractivity contribution is -0.384. The minimum absolute atomic E-state index is 0.0218. The quantitative estimate of drug-likeness (QED) is 0.580. The van der Waals surface area contributed by atoms with E-state index in [2.05, 4.69) is 21.8 Å². The normalized spacial score (nSPS) is 14.9. The molecule has 0 aromatic heterocycles. The fraction of sp³-hybridized carbons (Fsp3) is 0.368. The monoisotopic (exact) mass is 389 g/mol. The molecule has 0 unspecified atom stereocenters. The Bertz CT molecular complexity index is 874. The highest BCUT2D eigenvalue weighted by Gasteiger charge is 2.15. The summed E-state index contributed by atoms with van der Waals surface area (Å²) in [5.74, 6) is 0. The molecule has 0 atom stereocenters. The zero-order valence-corrected chi connectivity index (χ0v) is 15.8. The van der Waals surface area contributed by atoms with E-state index in [1.807, 2.05) is 12.1 Å². The summed E-state index contributed by atoms with van der Waals surface area (Å²) in [6, 6.07) is 13.1. The number of benzene rings is 2. The van der Waals surface area contributed by atoms with E-state index in [-0.39, 0.29) is 17.1 Å². The predicted octanol–water partition coefficient (Wildman–Crippen LogP) is 3.11. The largest absolute Gasteiger partial charge is 0.372 e.